The second-order valence-electron chi connectivity index (χ2n) is 3.93. The summed E-state index contributed by atoms with van der Waals surface area (Å²) < 4.78 is 6.64. The van der Waals surface area contributed by atoms with Gasteiger partial charge >= 0.3 is 0 Å². The van der Waals surface area contributed by atoms with Crippen molar-refractivity contribution in [2.24, 2.45) is 0 Å². The molecule has 0 saturated heterocycles. The number of aryl methyl sites for hydroxylation is 1. The molecule has 0 aliphatic heterocycles. The van der Waals surface area contributed by atoms with Gasteiger partial charge in [0, 0.05) is 9.75 Å². The molecule has 1 N–H and O–H groups in total. The second kappa shape index (κ2) is 6.36. The lowest BCUT2D eigenvalue weighted by Crippen LogP contribution is -1.94. The summed E-state index contributed by atoms with van der Waals surface area (Å²) in [6, 6.07) is 9.88. The van der Waals surface area contributed by atoms with Crippen LogP contribution in [0.1, 0.15) is 22.2 Å². The fourth-order valence-electron chi connectivity index (χ4n) is 1.60. The minimum Gasteiger partial charge on any atom is -0.487 e. The fraction of sp³-hybridized carbons (Fsp3) is 0.286. The molecule has 0 aliphatic carbocycles. The maximum atomic E-state index is 9.03. The summed E-state index contributed by atoms with van der Waals surface area (Å²) in [5.41, 5.74) is 0.874. The molecule has 0 spiro atoms. The van der Waals surface area contributed by atoms with Crippen molar-refractivity contribution in [1.29, 1.82) is 0 Å². The molecule has 0 unspecified atom stereocenters. The van der Waals surface area contributed by atoms with Crippen molar-refractivity contribution in [3.8, 4) is 5.75 Å². The Kier molecular flexibility index (Phi) is 4.80. The van der Waals surface area contributed by atoms with Gasteiger partial charge < -0.3 is 9.84 Å². The lowest BCUT2D eigenvalue weighted by atomic mass is 10.2. The van der Waals surface area contributed by atoms with Crippen molar-refractivity contribution in [3.63, 3.8) is 0 Å². The molecule has 2 rings (SSSR count). The first-order valence-electron chi connectivity index (χ1n) is 5.82. The summed E-state index contributed by atoms with van der Waals surface area (Å²) in [7, 11) is 0. The highest BCUT2D eigenvalue weighted by atomic mass is 79.9. The van der Waals surface area contributed by atoms with Gasteiger partial charge in [-0.1, -0.05) is 13.0 Å². The lowest BCUT2D eigenvalue weighted by molar-refractivity contribution is 0.280. The molecule has 1 aromatic heterocycles. The predicted octanol–water partition coefficient (Wildman–Crippen LogP) is 4.14. The Morgan fingerprint density at radius 2 is 2.00 bits per heavy atom. The number of halogens is 1. The van der Waals surface area contributed by atoms with Crippen LogP contribution in [0, 0.1) is 0 Å². The van der Waals surface area contributed by atoms with Crippen molar-refractivity contribution >= 4 is 27.3 Å². The molecule has 1 aromatic carbocycles. The SMILES string of the molecule is CCc1ccc(COc2ccc(CO)cc2Br)s1. The van der Waals surface area contributed by atoms with E-state index in [1.54, 1.807) is 11.3 Å². The molecule has 4 heteroatoms. The zero-order valence-corrected chi connectivity index (χ0v) is 12.6. The molecule has 0 aliphatic rings. The van der Waals surface area contributed by atoms with Crippen LogP contribution in [0.15, 0.2) is 34.8 Å². The van der Waals surface area contributed by atoms with Crippen molar-refractivity contribution in [3.05, 3.63) is 50.1 Å². The van der Waals surface area contributed by atoms with Gasteiger partial charge in [-0.15, -0.1) is 11.3 Å². The Balaban J connectivity index is 2.01. The van der Waals surface area contributed by atoms with Crippen LogP contribution in [-0.4, -0.2) is 5.11 Å². The van der Waals surface area contributed by atoms with E-state index in [1.165, 1.54) is 9.75 Å². The van der Waals surface area contributed by atoms with Gasteiger partial charge in [0.2, 0.25) is 0 Å². The Morgan fingerprint density at radius 3 is 2.61 bits per heavy atom. The monoisotopic (exact) mass is 326 g/mol. The van der Waals surface area contributed by atoms with Gasteiger partial charge in [0.25, 0.3) is 0 Å². The smallest absolute Gasteiger partial charge is 0.134 e. The average Bonchev–Trinajstić information content (AvgIpc) is 2.85. The number of thiophene rings is 1. The van der Waals surface area contributed by atoms with Gasteiger partial charge in [0.15, 0.2) is 0 Å². The van der Waals surface area contributed by atoms with E-state index < -0.39 is 0 Å². The summed E-state index contributed by atoms with van der Waals surface area (Å²) in [6.07, 6.45) is 1.07. The van der Waals surface area contributed by atoms with E-state index in [2.05, 4.69) is 35.0 Å². The summed E-state index contributed by atoms with van der Waals surface area (Å²) in [4.78, 5) is 2.60. The molecule has 0 saturated carbocycles. The number of ether oxygens (including phenoxy) is 1. The molecule has 1 heterocycles. The van der Waals surface area contributed by atoms with Crippen LogP contribution < -0.4 is 4.74 Å². The third-order valence-electron chi connectivity index (χ3n) is 2.61. The molecule has 18 heavy (non-hydrogen) atoms. The first kappa shape index (κ1) is 13.6. The molecule has 0 amide bonds. The number of benzene rings is 1. The summed E-state index contributed by atoms with van der Waals surface area (Å²) in [5.74, 6) is 0.804. The van der Waals surface area contributed by atoms with Gasteiger partial charge in [-0.2, -0.15) is 0 Å². The van der Waals surface area contributed by atoms with E-state index in [4.69, 9.17) is 9.84 Å². The maximum absolute atomic E-state index is 9.03. The molecule has 2 aromatic rings. The quantitative estimate of drug-likeness (QED) is 0.894. The Hall–Kier alpha value is -0.840. The first-order chi connectivity index (χ1) is 8.72. The Morgan fingerprint density at radius 1 is 1.22 bits per heavy atom. The van der Waals surface area contributed by atoms with E-state index in [-0.39, 0.29) is 6.61 Å². The van der Waals surface area contributed by atoms with Gasteiger partial charge in [0.1, 0.15) is 12.4 Å². The maximum Gasteiger partial charge on any atom is 0.134 e. The molecule has 0 radical (unpaired) electrons. The third kappa shape index (κ3) is 3.34. The number of aliphatic hydroxyl groups excluding tert-OH is 1. The third-order valence-corrected chi connectivity index (χ3v) is 4.44. The summed E-state index contributed by atoms with van der Waals surface area (Å²) in [5, 5.41) is 9.03. The standard InChI is InChI=1S/C14H15BrO2S/c1-2-11-4-5-12(18-11)9-17-14-6-3-10(8-16)7-13(14)15/h3-7,16H,2,8-9H2,1H3. The highest BCUT2D eigenvalue weighted by Gasteiger charge is 2.04. The van der Waals surface area contributed by atoms with E-state index in [1.807, 2.05) is 18.2 Å². The van der Waals surface area contributed by atoms with E-state index in [9.17, 15) is 0 Å². The van der Waals surface area contributed by atoms with Crippen LogP contribution in [-0.2, 0) is 19.6 Å². The van der Waals surface area contributed by atoms with Crippen LogP contribution >= 0.6 is 27.3 Å². The van der Waals surface area contributed by atoms with Gasteiger partial charge in [0.05, 0.1) is 11.1 Å². The summed E-state index contributed by atoms with van der Waals surface area (Å²) in [6.45, 7) is 2.78. The largest absolute Gasteiger partial charge is 0.487 e. The van der Waals surface area contributed by atoms with Crippen molar-refractivity contribution < 1.29 is 9.84 Å². The number of hydrogen-bond donors (Lipinski definition) is 1. The topological polar surface area (TPSA) is 29.5 Å². The fourth-order valence-corrected chi connectivity index (χ4v) is 3.01. The minimum absolute atomic E-state index is 0.0453. The Bertz CT molecular complexity index is 522. The highest BCUT2D eigenvalue weighted by Crippen LogP contribution is 2.27. The predicted molar refractivity (Wildman–Crippen MR) is 78.1 cm³/mol. The number of aliphatic hydroxyl groups is 1. The van der Waals surface area contributed by atoms with Crippen molar-refractivity contribution in [2.75, 3.05) is 0 Å². The average molecular weight is 327 g/mol. The molecular weight excluding hydrogens is 312 g/mol. The van der Waals surface area contributed by atoms with E-state index >= 15 is 0 Å². The first-order valence-corrected chi connectivity index (χ1v) is 7.43. The molecule has 2 nitrogen and oxygen atoms in total. The van der Waals surface area contributed by atoms with Crippen LogP contribution in [0.25, 0.3) is 0 Å². The van der Waals surface area contributed by atoms with Gasteiger partial charge in [-0.3, -0.25) is 0 Å². The molecule has 0 bridgehead atoms. The van der Waals surface area contributed by atoms with Gasteiger partial charge in [-0.05, 0) is 52.2 Å². The normalized spacial score (nSPS) is 10.6. The van der Waals surface area contributed by atoms with Gasteiger partial charge in [-0.25, -0.2) is 0 Å². The number of hydrogen-bond acceptors (Lipinski definition) is 3. The van der Waals surface area contributed by atoms with E-state index in [0.717, 1.165) is 22.2 Å². The Labute approximate surface area is 119 Å². The zero-order valence-electron chi connectivity index (χ0n) is 10.1. The van der Waals surface area contributed by atoms with Crippen LogP contribution in [0.3, 0.4) is 0 Å². The second-order valence-corrected chi connectivity index (χ2v) is 6.04. The molecule has 96 valence electrons. The van der Waals surface area contributed by atoms with Crippen LogP contribution in [0.5, 0.6) is 5.75 Å². The van der Waals surface area contributed by atoms with E-state index in [0.29, 0.717) is 6.61 Å². The van der Waals surface area contributed by atoms with Crippen molar-refractivity contribution in [1.82, 2.24) is 0 Å². The minimum atomic E-state index is 0.0453. The summed E-state index contributed by atoms with van der Waals surface area (Å²) >= 11 is 5.23. The van der Waals surface area contributed by atoms with Crippen LogP contribution in [0.2, 0.25) is 0 Å². The number of rotatable bonds is 5. The molecular formula is C14H15BrO2S. The highest BCUT2D eigenvalue weighted by molar-refractivity contribution is 9.10. The van der Waals surface area contributed by atoms with Crippen LogP contribution in [0.4, 0.5) is 0 Å². The molecule has 0 fully saturated rings. The molecule has 0 atom stereocenters. The lowest BCUT2D eigenvalue weighted by Gasteiger charge is -2.08. The van der Waals surface area contributed by atoms with Crippen molar-refractivity contribution in [2.45, 2.75) is 26.6 Å². The zero-order chi connectivity index (χ0) is 13.0.